The molecule has 1 nitrogen and oxygen atoms in total. The number of rotatable bonds is 2. The molecule has 2 atom stereocenters. The molecule has 0 saturated carbocycles. The number of hydrogen-bond acceptors (Lipinski definition) is 1. The fourth-order valence-corrected chi connectivity index (χ4v) is 3.21. The maximum atomic E-state index is 2.61. The third kappa shape index (κ3) is 1.51. The Kier molecular flexibility index (Phi) is 2.36. The predicted octanol–water partition coefficient (Wildman–Crippen LogP) is 3.10. The summed E-state index contributed by atoms with van der Waals surface area (Å²) < 4.78 is 0. The summed E-state index contributed by atoms with van der Waals surface area (Å²) in [5.74, 6) is 0.806. The smallest absolute Gasteiger partial charge is 0.0357 e. The lowest BCUT2D eigenvalue weighted by atomic mass is 9.98. The molecule has 0 radical (unpaired) electrons. The number of benzene rings is 1. The molecule has 1 aliphatic heterocycles. The normalized spacial score (nSPS) is 28.5. The van der Waals surface area contributed by atoms with Gasteiger partial charge in [0.1, 0.15) is 0 Å². The summed E-state index contributed by atoms with van der Waals surface area (Å²) in [5, 5.41) is 0. The van der Waals surface area contributed by atoms with Gasteiger partial charge in [-0.1, -0.05) is 42.8 Å². The van der Waals surface area contributed by atoms with Crippen molar-refractivity contribution in [3.63, 3.8) is 0 Å². The minimum atomic E-state index is 0.691. The molecule has 1 aromatic carbocycles. The fraction of sp³-hybridized carbons (Fsp3) is 0.467. The van der Waals surface area contributed by atoms with Crippen molar-refractivity contribution in [2.45, 2.75) is 26.3 Å². The van der Waals surface area contributed by atoms with Crippen molar-refractivity contribution in [2.75, 3.05) is 13.1 Å². The van der Waals surface area contributed by atoms with Crippen LogP contribution in [0.3, 0.4) is 0 Å². The first kappa shape index (κ1) is 10.1. The number of aryl methyl sites for hydroxylation is 1. The standard InChI is InChI=1S/C15H19N/c1-3-16-10-12-8-14(15(16)9-12)13-6-4-5-11(2)7-13/h4-8,12,15H,3,9-10H2,1-2H3. The zero-order chi connectivity index (χ0) is 11.1. The molecule has 1 fully saturated rings. The molecular formula is C15H19N. The Morgan fingerprint density at radius 3 is 2.94 bits per heavy atom. The molecule has 3 rings (SSSR count). The van der Waals surface area contributed by atoms with Gasteiger partial charge in [0, 0.05) is 12.6 Å². The van der Waals surface area contributed by atoms with Gasteiger partial charge in [0.2, 0.25) is 0 Å². The molecule has 1 heterocycles. The highest BCUT2D eigenvalue weighted by molar-refractivity contribution is 5.73. The van der Waals surface area contributed by atoms with Crippen LogP contribution in [-0.4, -0.2) is 24.0 Å². The number of hydrogen-bond donors (Lipinski definition) is 0. The van der Waals surface area contributed by atoms with Gasteiger partial charge < -0.3 is 0 Å². The van der Waals surface area contributed by atoms with Crippen molar-refractivity contribution >= 4 is 5.57 Å². The van der Waals surface area contributed by atoms with Gasteiger partial charge in [-0.05, 0) is 36.9 Å². The zero-order valence-corrected chi connectivity index (χ0v) is 10.1. The number of nitrogens with zero attached hydrogens (tertiary/aromatic N) is 1. The molecule has 0 spiro atoms. The van der Waals surface area contributed by atoms with E-state index >= 15 is 0 Å². The maximum absolute atomic E-state index is 2.61. The van der Waals surface area contributed by atoms with E-state index in [9.17, 15) is 0 Å². The van der Waals surface area contributed by atoms with Gasteiger partial charge in [0.25, 0.3) is 0 Å². The Morgan fingerprint density at radius 1 is 1.38 bits per heavy atom. The highest BCUT2D eigenvalue weighted by atomic mass is 15.2. The van der Waals surface area contributed by atoms with Crippen LogP contribution in [-0.2, 0) is 0 Å². The number of likely N-dealkylation sites (tertiary alicyclic amines) is 1. The lowest BCUT2D eigenvalue weighted by molar-refractivity contribution is 0.303. The Hall–Kier alpha value is -1.08. The maximum Gasteiger partial charge on any atom is 0.0357 e. The monoisotopic (exact) mass is 213 g/mol. The van der Waals surface area contributed by atoms with Crippen LogP contribution in [0.25, 0.3) is 5.57 Å². The minimum Gasteiger partial charge on any atom is -0.296 e. The van der Waals surface area contributed by atoms with Gasteiger partial charge in [-0.25, -0.2) is 0 Å². The second-order valence-electron chi connectivity index (χ2n) is 5.09. The van der Waals surface area contributed by atoms with Crippen LogP contribution in [0.2, 0.25) is 0 Å². The van der Waals surface area contributed by atoms with Crippen LogP contribution < -0.4 is 0 Å². The highest BCUT2D eigenvalue weighted by Gasteiger charge is 2.38. The Morgan fingerprint density at radius 2 is 2.25 bits per heavy atom. The second-order valence-corrected chi connectivity index (χ2v) is 5.09. The average molecular weight is 213 g/mol. The van der Waals surface area contributed by atoms with Crippen LogP contribution in [0, 0.1) is 12.8 Å². The van der Waals surface area contributed by atoms with E-state index in [0.29, 0.717) is 6.04 Å². The van der Waals surface area contributed by atoms with Gasteiger partial charge in [-0.15, -0.1) is 0 Å². The molecule has 0 aromatic heterocycles. The SMILES string of the molecule is CCN1CC2C=C(c3cccc(C)c3)C1C2. The third-order valence-electron chi connectivity index (χ3n) is 3.97. The van der Waals surface area contributed by atoms with E-state index in [1.54, 1.807) is 5.57 Å². The molecule has 0 N–H and O–H groups in total. The summed E-state index contributed by atoms with van der Waals surface area (Å²) in [6.07, 6.45) is 3.85. The predicted molar refractivity (Wildman–Crippen MR) is 68.3 cm³/mol. The van der Waals surface area contributed by atoms with Gasteiger partial charge >= 0.3 is 0 Å². The van der Waals surface area contributed by atoms with Crippen molar-refractivity contribution in [1.29, 1.82) is 0 Å². The van der Waals surface area contributed by atoms with Crippen LogP contribution in [0.15, 0.2) is 30.3 Å². The van der Waals surface area contributed by atoms with E-state index in [4.69, 9.17) is 0 Å². The molecule has 2 bridgehead atoms. The molecule has 1 aromatic rings. The Balaban J connectivity index is 1.95. The van der Waals surface area contributed by atoms with Gasteiger partial charge in [0.05, 0.1) is 0 Å². The molecule has 0 amide bonds. The average Bonchev–Trinajstić information content (AvgIpc) is 2.87. The van der Waals surface area contributed by atoms with Crippen molar-refractivity contribution in [2.24, 2.45) is 5.92 Å². The van der Waals surface area contributed by atoms with Crippen molar-refractivity contribution < 1.29 is 0 Å². The highest BCUT2D eigenvalue weighted by Crippen LogP contribution is 2.41. The number of likely N-dealkylation sites (N-methyl/N-ethyl adjacent to an activating group) is 1. The van der Waals surface area contributed by atoms with Crippen LogP contribution in [0.1, 0.15) is 24.5 Å². The molecule has 2 unspecified atom stereocenters. The summed E-state index contributed by atoms with van der Waals surface area (Å²) in [6, 6.07) is 9.62. The summed E-state index contributed by atoms with van der Waals surface area (Å²) in [6.45, 7) is 6.91. The van der Waals surface area contributed by atoms with Crippen LogP contribution >= 0.6 is 0 Å². The van der Waals surface area contributed by atoms with Crippen LogP contribution in [0.5, 0.6) is 0 Å². The van der Waals surface area contributed by atoms with E-state index in [1.807, 2.05) is 0 Å². The van der Waals surface area contributed by atoms with Gasteiger partial charge in [-0.3, -0.25) is 4.90 Å². The molecule has 1 heteroatoms. The molecule has 1 aliphatic carbocycles. The first-order chi connectivity index (χ1) is 7.78. The van der Waals surface area contributed by atoms with E-state index in [0.717, 1.165) is 5.92 Å². The minimum absolute atomic E-state index is 0.691. The largest absolute Gasteiger partial charge is 0.296 e. The summed E-state index contributed by atoms with van der Waals surface area (Å²) in [5.41, 5.74) is 4.37. The quantitative estimate of drug-likeness (QED) is 0.729. The lowest BCUT2D eigenvalue weighted by Gasteiger charge is -2.27. The summed E-state index contributed by atoms with van der Waals surface area (Å²) in [7, 11) is 0. The zero-order valence-electron chi connectivity index (χ0n) is 10.1. The molecular weight excluding hydrogens is 194 g/mol. The van der Waals surface area contributed by atoms with Gasteiger partial charge in [0.15, 0.2) is 0 Å². The fourth-order valence-electron chi connectivity index (χ4n) is 3.21. The molecule has 2 aliphatic rings. The number of fused-ring (bicyclic) bond motifs is 2. The van der Waals surface area contributed by atoms with E-state index in [-0.39, 0.29) is 0 Å². The van der Waals surface area contributed by atoms with E-state index in [2.05, 4.69) is 49.1 Å². The summed E-state index contributed by atoms with van der Waals surface area (Å²) >= 11 is 0. The Bertz CT molecular complexity index is 433. The van der Waals surface area contributed by atoms with Crippen LogP contribution in [0.4, 0.5) is 0 Å². The molecule has 84 valence electrons. The Labute approximate surface area is 97.8 Å². The topological polar surface area (TPSA) is 3.24 Å². The first-order valence-electron chi connectivity index (χ1n) is 6.30. The van der Waals surface area contributed by atoms with Crippen molar-refractivity contribution in [3.8, 4) is 0 Å². The molecule has 1 saturated heterocycles. The first-order valence-corrected chi connectivity index (χ1v) is 6.30. The van der Waals surface area contributed by atoms with Crippen molar-refractivity contribution in [1.82, 2.24) is 4.90 Å². The summed E-state index contributed by atoms with van der Waals surface area (Å²) in [4.78, 5) is 2.61. The van der Waals surface area contributed by atoms with E-state index < -0.39 is 0 Å². The van der Waals surface area contributed by atoms with Gasteiger partial charge in [-0.2, -0.15) is 0 Å². The second kappa shape index (κ2) is 3.74. The third-order valence-corrected chi connectivity index (χ3v) is 3.97. The van der Waals surface area contributed by atoms with Crippen molar-refractivity contribution in [3.05, 3.63) is 41.5 Å². The lowest BCUT2D eigenvalue weighted by Crippen LogP contribution is -2.31. The van der Waals surface area contributed by atoms with E-state index in [1.165, 1.54) is 30.6 Å². The molecule has 16 heavy (non-hydrogen) atoms.